The monoisotopic (exact) mass is 312 g/mol. The average Bonchev–Trinajstić information content (AvgIpc) is 2.61. The number of allylic oxidation sites excluding steroid dienone is 2. The van der Waals surface area contributed by atoms with Crippen LogP contribution in [0.25, 0.3) is 6.08 Å². The SMILES string of the molecule is C=C(C/C=C/c1ccc(OC)cc1)CCC1CCC(CC)CC1. The molecule has 0 aromatic heterocycles. The lowest BCUT2D eigenvalue weighted by atomic mass is 9.78. The van der Waals surface area contributed by atoms with Gasteiger partial charge in [0.05, 0.1) is 7.11 Å². The van der Waals surface area contributed by atoms with Crippen molar-refractivity contribution in [2.45, 2.75) is 58.3 Å². The molecule has 1 nitrogen and oxygen atoms in total. The molecule has 1 aromatic carbocycles. The highest BCUT2D eigenvalue weighted by Crippen LogP contribution is 2.33. The molecule has 0 heterocycles. The van der Waals surface area contributed by atoms with Gasteiger partial charge in [0.1, 0.15) is 5.75 Å². The van der Waals surface area contributed by atoms with Crippen LogP contribution in [0.1, 0.15) is 63.9 Å². The number of hydrogen-bond acceptors (Lipinski definition) is 1. The van der Waals surface area contributed by atoms with Gasteiger partial charge in [0, 0.05) is 0 Å². The second-order valence-corrected chi connectivity index (χ2v) is 6.96. The molecule has 0 aliphatic heterocycles. The molecule has 0 bridgehead atoms. The van der Waals surface area contributed by atoms with E-state index in [2.05, 4.69) is 37.8 Å². The first-order valence-corrected chi connectivity index (χ1v) is 9.18. The zero-order valence-electron chi connectivity index (χ0n) is 14.9. The second kappa shape index (κ2) is 9.60. The Bertz CT molecular complexity index is 489. The van der Waals surface area contributed by atoms with E-state index in [1.807, 2.05) is 12.1 Å². The van der Waals surface area contributed by atoms with Crippen LogP contribution in [0.2, 0.25) is 0 Å². The van der Waals surface area contributed by atoms with Gasteiger partial charge >= 0.3 is 0 Å². The first kappa shape index (κ1) is 17.8. The smallest absolute Gasteiger partial charge is 0.118 e. The van der Waals surface area contributed by atoms with E-state index in [-0.39, 0.29) is 0 Å². The average molecular weight is 312 g/mol. The Labute approximate surface area is 142 Å². The van der Waals surface area contributed by atoms with Crippen molar-refractivity contribution in [1.29, 1.82) is 0 Å². The van der Waals surface area contributed by atoms with Gasteiger partial charge in [0.2, 0.25) is 0 Å². The maximum atomic E-state index is 5.18. The first-order valence-electron chi connectivity index (χ1n) is 9.18. The third-order valence-corrected chi connectivity index (χ3v) is 5.28. The molecule has 0 unspecified atom stereocenters. The van der Waals surface area contributed by atoms with Gasteiger partial charge < -0.3 is 4.74 Å². The van der Waals surface area contributed by atoms with Gasteiger partial charge in [0.15, 0.2) is 0 Å². The molecule has 1 fully saturated rings. The zero-order valence-corrected chi connectivity index (χ0v) is 14.9. The molecule has 0 radical (unpaired) electrons. The third kappa shape index (κ3) is 6.25. The molecule has 1 aliphatic carbocycles. The highest BCUT2D eigenvalue weighted by Gasteiger charge is 2.19. The third-order valence-electron chi connectivity index (χ3n) is 5.28. The summed E-state index contributed by atoms with van der Waals surface area (Å²) in [7, 11) is 1.70. The van der Waals surface area contributed by atoms with Crippen LogP contribution in [-0.4, -0.2) is 7.11 Å². The van der Waals surface area contributed by atoms with Gasteiger partial charge in [-0.3, -0.25) is 0 Å². The van der Waals surface area contributed by atoms with Crippen molar-refractivity contribution in [1.82, 2.24) is 0 Å². The molecule has 126 valence electrons. The summed E-state index contributed by atoms with van der Waals surface area (Å²) in [5.41, 5.74) is 2.59. The maximum Gasteiger partial charge on any atom is 0.118 e. The van der Waals surface area contributed by atoms with E-state index in [4.69, 9.17) is 4.74 Å². The zero-order chi connectivity index (χ0) is 16.5. The molecule has 1 heteroatoms. The number of benzene rings is 1. The number of ether oxygens (including phenoxy) is 1. The topological polar surface area (TPSA) is 9.23 Å². The minimum absolute atomic E-state index is 0.907. The highest BCUT2D eigenvalue weighted by atomic mass is 16.5. The van der Waals surface area contributed by atoms with E-state index in [9.17, 15) is 0 Å². The Morgan fingerprint density at radius 1 is 1.13 bits per heavy atom. The van der Waals surface area contributed by atoms with Crippen molar-refractivity contribution >= 4 is 6.08 Å². The Hall–Kier alpha value is -1.50. The molecule has 1 saturated carbocycles. The maximum absolute atomic E-state index is 5.18. The van der Waals surface area contributed by atoms with Crippen LogP contribution in [-0.2, 0) is 0 Å². The first-order chi connectivity index (χ1) is 11.2. The van der Waals surface area contributed by atoms with Crippen LogP contribution in [0.15, 0.2) is 42.5 Å². The summed E-state index contributed by atoms with van der Waals surface area (Å²) in [6.45, 7) is 6.59. The Morgan fingerprint density at radius 2 is 1.78 bits per heavy atom. The molecular weight excluding hydrogens is 280 g/mol. The minimum atomic E-state index is 0.907. The van der Waals surface area contributed by atoms with Crippen molar-refractivity contribution in [3.8, 4) is 5.75 Å². The lowest BCUT2D eigenvalue weighted by Gasteiger charge is -2.27. The molecule has 0 atom stereocenters. The quantitative estimate of drug-likeness (QED) is 0.488. The molecule has 2 rings (SSSR count). The summed E-state index contributed by atoms with van der Waals surface area (Å²) in [6.07, 6.45) is 15.1. The van der Waals surface area contributed by atoms with Crippen LogP contribution in [0, 0.1) is 11.8 Å². The van der Waals surface area contributed by atoms with E-state index in [1.165, 1.54) is 56.1 Å². The van der Waals surface area contributed by atoms with Gasteiger partial charge in [-0.05, 0) is 48.8 Å². The predicted molar refractivity (Wildman–Crippen MR) is 101 cm³/mol. The van der Waals surface area contributed by atoms with Crippen molar-refractivity contribution in [3.05, 3.63) is 48.1 Å². The van der Waals surface area contributed by atoms with E-state index in [0.29, 0.717) is 0 Å². The van der Waals surface area contributed by atoms with Gasteiger partial charge in [-0.1, -0.05) is 75.5 Å². The Morgan fingerprint density at radius 3 is 2.39 bits per heavy atom. The van der Waals surface area contributed by atoms with Crippen LogP contribution in [0.4, 0.5) is 0 Å². The van der Waals surface area contributed by atoms with Crippen molar-refractivity contribution in [2.75, 3.05) is 7.11 Å². The molecule has 0 N–H and O–H groups in total. The summed E-state index contributed by atoms with van der Waals surface area (Å²) >= 11 is 0. The van der Waals surface area contributed by atoms with E-state index < -0.39 is 0 Å². The van der Waals surface area contributed by atoms with Crippen molar-refractivity contribution in [3.63, 3.8) is 0 Å². The molecule has 1 aliphatic rings. The van der Waals surface area contributed by atoms with Gasteiger partial charge in [0.25, 0.3) is 0 Å². The number of methoxy groups -OCH3 is 1. The minimum Gasteiger partial charge on any atom is -0.497 e. The fourth-order valence-corrected chi connectivity index (χ4v) is 3.52. The molecule has 0 spiro atoms. The summed E-state index contributed by atoms with van der Waals surface area (Å²) in [5.74, 6) is 2.85. The molecule has 1 aromatic rings. The van der Waals surface area contributed by atoms with Gasteiger partial charge in [-0.15, -0.1) is 0 Å². The fraction of sp³-hybridized carbons (Fsp3) is 0.545. The van der Waals surface area contributed by atoms with Crippen LogP contribution < -0.4 is 4.74 Å². The fourth-order valence-electron chi connectivity index (χ4n) is 3.52. The van der Waals surface area contributed by atoms with Gasteiger partial charge in [-0.2, -0.15) is 0 Å². The normalized spacial score (nSPS) is 21.5. The summed E-state index contributed by atoms with van der Waals surface area (Å²) < 4.78 is 5.18. The summed E-state index contributed by atoms with van der Waals surface area (Å²) in [6, 6.07) is 8.18. The lowest BCUT2D eigenvalue weighted by Crippen LogP contribution is -2.13. The van der Waals surface area contributed by atoms with Crippen molar-refractivity contribution < 1.29 is 4.74 Å². The molecule has 0 saturated heterocycles. The van der Waals surface area contributed by atoms with E-state index in [1.54, 1.807) is 7.11 Å². The van der Waals surface area contributed by atoms with Crippen LogP contribution >= 0.6 is 0 Å². The molecular formula is C22H32O. The lowest BCUT2D eigenvalue weighted by molar-refractivity contribution is 0.258. The number of hydrogen-bond donors (Lipinski definition) is 0. The van der Waals surface area contributed by atoms with E-state index >= 15 is 0 Å². The number of rotatable bonds is 8. The largest absolute Gasteiger partial charge is 0.497 e. The highest BCUT2D eigenvalue weighted by molar-refractivity contribution is 5.50. The van der Waals surface area contributed by atoms with Crippen molar-refractivity contribution in [2.24, 2.45) is 11.8 Å². The Balaban J connectivity index is 1.65. The Kier molecular flexibility index (Phi) is 7.45. The van der Waals surface area contributed by atoms with Crippen LogP contribution in [0.5, 0.6) is 5.75 Å². The summed E-state index contributed by atoms with van der Waals surface area (Å²) in [4.78, 5) is 0. The van der Waals surface area contributed by atoms with Gasteiger partial charge in [-0.25, -0.2) is 0 Å². The standard InChI is InChI=1S/C22H32O/c1-4-19-10-12-21(13-11-19)9-8-18(2)6-5-7-20-14-16-22(23-3)17-15-20/h5,7,14-17,19,21H,2,4,6,8-13H2,1,3H3/b7-5+. The molecule has 23 heavy (non-hydrogen) atoms. The van der Waals surface area contributed by atoms with E-state index in [0.717, 1.165) is 24.0 Å². The summed E-state index contributed by atoms with van der Waals surface area (Å²) in [5, 5.41) is 0. The van der Waals surface area contributed by atoms with Crippen LogP contribution in [0.3, 0.4) is 0 Å². The molecule has 0 amide bonds. The second-order valence-electron chi connectivity index (χ2n) is 6.96. The predicted octanol–water partition coefficient (Wildman–Crippen LogP) is 6.65.